The van der Waals surface area contributed by atoms with Gasteiger partial charge in [0.15, 0.2) is 0 Å². The molecule has 1 aromatic rings. The van der Waals surface area contributed by atoms with Crippen LogP contribution in [-0.4, -0.2) is 59.0 Å². The van der Waals surface area contributed by atoms with Crippen molar-refractivity contribution < 1.29 is 13.6 Å². The van der Waals surface area contributed by atoms with Gasteiger partial charge in [-0.05, 0) is 20.3 Å². The van der Waals surface area contributed by atoms with Crippen molar-refractivity contribution in [2.24, 2.45) is 5.41 Å². The Balaban J connectivity index is 1.78. The van der Waals surface area contributed by atoms with Crippen LogP contribution in [0.2, 0.25) is 0 Å². The Labute approximate surface area is 140 Å². The van der Waals surface area contributed by atoms with Crippen LogP contribution >= 0.6 is 0 Å². The fraction of sp³-hybridized carbons (Fsp3) is 0.688. The van der Waals surface area contributed by atoms with Crippen molar-refractivity contribution in [1.29, 1.82) is 0 Å². The lowest BCUT2D eigenvalue weighted by atomic mass is 9.75. The topological polar surface area (TPSA) is 61.4 Å². The highest BCUT2D eigenvalue weighted by Gasteiger charge is 2.60. The second-order valence-corrected chi connectivity index (χ2v) is 7.00. The van der Waals surface area contributed by atoms with Gasteiger partial charge in [0.05, 0.1) is 11.6 Å². The van der Waals surface area contributed by atoms with Gasteiger partial charge in [0.2, 0.25) is 0 Å². The van der Waals surface area contributed by atoms with Crippen LogP contribution < -0.4 is 10.2 Å². The maximum absolute atomic E-state index is 14.7. The summed E-state index contributed by atoms with van der Waals surface area (Å²) in [5.41, 5.74) is -1.23. The fourth-order valence-electron chi connectivity index (χ4n) is 3.56. The second-order valence-electron chi connectivity index (χ2n) is 7.00. The maximum Gasteiger partial charge on any atom is 0.317 e. The van der Waals surface area contributed by atoms with Crippen LogP contribution in [0, 0.1) is 5.41 Å². The lowest BCUT2D eigenvalue weighted by Gasteiger charge is -2.45. The fourth-order valence-corrected chi connectivity index (χ4v) is 3.56. The first kappa shape index (κ1) is 16.9. The molecule has 1 atom stereocenters. The zero-order valence-electron chi connectivity index (χ0n) is 14.0. The van der Waals surface area contributed by atoms with E-state index in [0.29, 0.717) is 18.8 Å². The molecule has 2 aliphatic rings. The third kappa shape index (κ3) is 3.01. The number of aromatic nitrogens is 2. The van der Waals surface area contributed by atoms with E-state index < -0.39 is 11.3 Å². The molecule has 0 aliphatic carbocycles. The summed E-state index contributed by atoms with van der Waals surface area (Å²) in [6, 6.07) is -0.284. The molecule has 2 amide bonds. The van der Waals surface area contributed by atoms with Crippen LogP contribution in [0.25, 0.3) is 0 Å². The molecule has 6 nitrogen and oxygen atoms in total. The number of halogens is 2. The summed E-state index contributed by atoms with van der Waals surface area (Å²) >= 11 is 0. The van der Waals surface area contributed by atoms with Gasteiger partial charge >= 0.3 is 6.03 Å². The van der Waals surface area contributed by atoms with Gasteiger partial charge in [-0.3, -0.25) is 4.98 Å². The lowest BCUT2D eigenvalue weighted by molar-refractivity contribution is -0.149. The first-order chi connectivity index (χ1) is 11.3. The normalized spacial score (nSPS) is 26.2. The van der Waals surface area contributed by atoms with Gasteiger partial charge in [-0.2, -0.15) is 0 Å². The molecule has 2 saturated heterocycles. The molecule has 3 heterocycles. The van der Waals surface area contributed by atoms with Crippen molar-refractivity contribution in [1.82, 2.24) is 20.2 Å². The third-order valence-corrected chi connectivity index (χ3v) is 4.89. The number of alkyl halides is 2. The number of carbonyl (C=O) groups is 1. The summed E-state index contributed by atoms with van der Waals surface area (Å²) in [5.74, 6) is -2.19. The van der Waals surface area contributed by atoms with E-state index in [9.17, 15) is 13.6 Å². The van der Waals surface area contributed by atoms with Crippen LogP contribution in [0.1, 0.15) is 26.7 Å². The number of anilines is 1. The largest absolute Gasteiger partial charge is 0.354 e. The molecule has 3 rings (SSSR count). The molecule has 0 radical (unpaired) electrons. The molecule has 1 aromatic heterocycles. The predicted molar refractivity (Wildman–Crippen MR) is 86.1 cm³/mol. The molecule has 0 bridgehead atoms. The van der Waals surface area contributed by atoms with E-state index >= 15 is 0 Å². The summed E-state index contributed by atoms with van der Waals surface area (Å²) < 4.78 is 29.5. The number of carbonyl (C=O) groups excluding carboxylic acids is 1. The molecular formula is C16H23F2N5O. The van der Waals surface area contributed by atoms with E-state index in [1.165, 1.54) is 4.90 Å². The van der Waals surface area contributed by atoms with E-state index in [2.05, 4.69) is 15.3 Å². The van der Waals surface area contributed by atoms with Crippen molar-refractivity contribution in [2.45, 2.75) is 38.7 Å². The highest BCUT2D eigenvalue weighted by atomic mass is 19.3. The third-order valence-electron chi connectivity index (χ3n) is 4.89. The number of nitrogens with zero attached hydrogens (tertiary/aromatic N) is 4. The summed E-state index contributed by atoms with van der Waals surface area (Å²) in [7, 11) is 0. The molecule has 24 heavy (non-hydrogen) atoms. The van der Waals surface area contributed by atoms with Crippen LogP contribution in [0.5, 0.6) is 0 Å². The number of hydrogen-bond donors (Lipinski definition) is 1. The Kier molecular flexibility index (Phi) is 4.31. The predicted octanol–water partition coefficient (Wildman–Crippen LogP) is 2.13. The summed E-state index contributed by atoms with van der Waals surface area (Å²) in [4.78, 5) is 23.8. The van der Waals surface area contributed by atoms with Crippen molar-refractivity contribution in [2.75, 3.05) is 31.1 Å². The van der Waals surface area contributed by atoms with E-state index in [4.69, 9.17) is 0 Å². The van der Waals surface area contributed by atoms with Gasteiger partial charge in [0.1, 0.15) is 5.82 Å². The average molecular weight is 339 g/mol. The van der Waals surface area contributed by atoms with E-state index in [1.807, 2.05) is 18.7 Å². The first-order valence-electron chi connectivity index (χ1n) is 8.27. The number of likely N-dealkylation sites (tertiary alicyclic amines) is 1. The van der Waals surface area contributed by atoms with Gasteiger partial charge < -0.3 is 15.1 Å². The van der Waals surface area contributed by atoms with Crippen LogP contribution in [0.4, 0.5) is 19.4 Å². The first-order valence-corrected chi connectivity index (χ1v) is 8.27. The highest BCUT2D eigenvalue weighted by Crippen LogP contribution is 2.50. The zero-order valence-corrected chi connectivity index (χ0v) is 14.0. The van der Waals surface area contributed by atoms with Gasteiger partial charge in [-0.15, -0.1) is 0 Å². The Morgan fingerprint density at radius 1 is 1.25 bits per heavy atom. The number of hydrogen-bond acceptors (Lipinski definition) is 4. The minimum Gasteiger partial charge on any atom is -0.354 e. The van der Waals surface area contributed by atoms with Crippen LogP contribution in [-0.2, 0) is 0 Å². The summed E-state index contributed by atoms with van der Waals surface area (Å²) in [6.07, 6.45) is 4.74. The van der Waals surface area contributed by atoms with Gasteiger partial charge in [0.25, 0.3) is 5.92 Å². The Hall–Kier alpha value is -1.99. The van der Waals surface area contributed by atoms with Crippen LogP contribution in [0.15, 0.2) is 18.6 Å². The molecule has 1 N–H and O–H groups in total. The number of rotatable bonds is 2. The zero-order chi connectivity index (χ0) is 17.4. The minimum absolute atomic E-state index is 0.0180. The highest BCUT2D eigenvalue weighted by molar-refractivity contribution is 5.74. The maximum atomic E-state index is 14.7. The van der Waals surface area contributed by atoms with E-state index in [-0.39, 0.29) is 38.1 Å². The summed E-state index contributed by atoms with van der Waals surface area (Å²) in [6.45, 7) is 4.54. The molecule has 2 fully saturated rings. The van der Waals surface area contributed by atoms with Crippen molar-refractivity contribution in [3.8, 4) is 0 Å². The van der Waals surface area contributed by atoms with Gasteiger partial charge in [-0.1, -0.05) is 0 Å². The number of piperidine rings is 1. The molecule has 0 saturated carbocycles. The standard InChI is InChI=1S/C16H23F2N5O/c1-12(2)21-14(24)23-8-4-16(17,18)15(11-23)3-7-22(10-15)13-9-19-5-6-20-13/h5-6,9,12H,3-4,7-8,10-11H2,1-2H3,(H,21,24)/t15-/m0/s1. The smallest absolute Gasteiger partial charge is 0.317 e. The SMILES string of the molecule is CC(C)NC(=O)N1CCC(F)(F)[C@]2(CCN(c3cnccn3)C2)C1. The molecular weight excluding hydrogens is 316 g/mol. The molecule has 2 aliphatic heterocycles. The Bertz CT molecular complexity index is 597. The van der Waals surface area contributed by atoms with Crippen molar-refractivity contribution >= 4 is 11.8 Å². The van der Waals surface area contributed by atoms with Gasteiger partial charge in [0, 0.05) is 51.0 Å². The quantitative estimate of drug-likeness (QED) is 0.897. The molecule has 8 heteroatoms. The molecule has 132 valence electrons. The monoisotopic (exact) mass is 339 g/mol. The molecule has 0 aromatic carbocycles. The summed E-state index contributed by atoms with van der Waals surface area (Å²) in [5, 5.41) is 2.80. The van der Waals surface area contributed by atoms with Crippen molar-refractivity contribution in [3.05, 3.63) is 18.6 Å². The van der Waals surface area contributed by atoms with E-state index in [1.54, 1.807) is 18.6 Å². The van der Waals surface area contributed by atoms with Crippen molar-refractivity contribution in [3.63, 3.8) is 0 Å². The van der Waals surface area contributed by atoms with Crippen LogP contribution in [0.3, 0.4) is 0 Å². The second kappa shape index (κ2) is 6.14. The molecule has 1 spiro atoms. The number of amides is 2. The Morgan fingerprint density at radius 3 is 2.71 bits per heavy atom. The Morgan fingerprint density at radius 2 is 2.04 bits per heavy atom. The average Bonchev–Trinajstić information content (AvgIpc) is 2.96. The molecule has 0 unspecified atom stereocenters. The van der Waals surface area contributed by atoms with Gasteiger partial charge in [-0.25, -0.2) is 18.6 Å². The van der Waals surface area contributed by atoms with E-state index in [0.717, 1.165) is 0 Å². The minimum atomic E-state index is -2.79. The number of nitrogens with one attached hydrogen (secondary N) is 1. The number of urea groups is 1. The lowest BCUT2D eigenvalue weighted by Crippen LogP contribution is -2.60.